The lowest BCUT2D eigenvalue weighted by atomic mass is 10.1. The maximum atomic E-state index is 12.1. The molecule has 0 heterocycles. The highest BCUT2D eigenvalue weighted by molar-refractivity contribution is 6.06. The Labute approximate surface area is 117 Å². The molecule has 0 spiro atoms. The topological polar surface area (TPSA) is 84.6 Å². The first-order valence-corrected chi connectivity index (χ1v) is 6.05. The molecule has 0 saturated heterocycles. The van der Waals surface area contributed by atoms with E-state index in [1.54, 1.807) is 44.4 Å². The molecule has 2 aromatic carbocycles. The minimum absolute atomic E-state index is 0.155. The fraction of sp³-hybridized carbons (Fsp3) is 0.133. The summed E-state index contributed by atoms with van der Waals surface area (Å²) in [6.45, 7) is 1.73. The molecule has 0 fully saturated rings. The highest BCUT2D eigenvalue weighted by Crippen LogP contribution is 2.25. The molecule has 1 amide bonds. The maximum absolute atomic E-state index is 12.1. The number of ether oxygens (including phenoxy) is 1. The Morgan fingerprint density at radius 2 is 2.00 bits per heavy atom. The van der Waals surface area contributed by atoms with E-state index in [1.807, 2.05) is 0 Å². The molecule has 0 unspecified atom stereocenters. The molecular weight excluding hydrogens is 256 g/mol. The van der Waals surface area contributed by atoms with Gasteiger partial charge >= 0.3 is 0 Å². The maximum Gasteiger partial charge on any atom is 0.255 e. The third-order valence-electron chi connectivity index (χ3n) is 2.97. The second-order valence-corrected chi connectivity index (χ2v) is 4.41. The number of phenolic OH excluding ortho intramolecular Hbond substituents is 1. The summed E-state index contributed by atoms with van der Waals surface area (Å²) in [6, 6.07) is 9.68. The van der Waals surface area contributed by atoms with E-state index < -0.39 is 0 Å². The number of phenols is 1. The fourth-order valence-electron chi connectivity index (χ4n) is 1.76. The molecule has 4 N–H and O–H groups in total. The smallest absolute Gasteiger partial charge is 0.255 e. The molecule has 0 atom stereocenters. The number of nitrogens with one attached hydrogen (secondary N) is 1. The number of hydrogen-bond donors (Lipinski definition) is 3. The lowest BCUT2D eigenvalue weighted by molar-refractivity contribution is 0.102. The van der Waals surface area contributed by atoms with E-state index in [-0.39, 0.29) is 11.7 Å². The molecule has 2 aromatic rings. The predicted octanol–water partition coefficient (Wildman–Crippen LogP) is 2.54. The van der Waals surface area contributed by atoms with Crippen LogP contribution in [0.25, 0.3) is 0 Å². The van der Waals surface area contributed by atoms with Gasteiger partial charge in [0.2, 0.25) is 0 Å². The van der Waals surface area contributed by atoms with Gasteiger partial charge in [0.05, 0.1) is 18.5 Å². The number of benzene rings is 2. The summed E-state index contributed by atoms with van der Waals surface area (Å²) >= 11 is 0. The summed E-state index contributed by atoms with van der Waals surface area (Å²) < 4.78 is 5.09. The van der Waals surface area contributed by atoms with Gasteiger partial charge in [-0.05, 0) is 42.8 Å². The molecule has 5 heteroatoms. The lowest BCUT2D eigenvalue weighted by Gasteiger charge is -2.10. The van der Waals surface area contributed by atoms with E-state index in [0.29, 0.717) is 28.3 Å². The zero-order valence-corrected chi connectivity index (χ0v) is 11.3. The second kappa shape index (κ2) is 5.52. The van der Waals surface area contributed by atoms with Crippen LogP contribution in [-0.2, 0) is 0 Å². The second-order valence-electron chi connectivity index (χ2n) is 4.41. The minimum atomic E-state index is -0.298. The SMILES string of the molecule is COc1ccc(N)c(NC(=O)c2ccc(O)c(C)c2)c1. The van der Waals surface area contributed by atoms with Gasteiger partial charge in [-0.15, -0.1) is 0 Å². The van der Waals surface area contributed by atoms with Gasteiger partial charge in [0.1, 0.15) is 11.5 Å². The van der Waals surface area contributed by atoms with E-state index in [1.165, 1.54) is 6.07 Å². The van der Waals surface area contributed by atoms with Crippen LogP contribution in [0.4, 0.5) is 11.4 Å². The van der Waals surface area contributed by atoms with Gasteiger partial charge in [0, 0.05) is 11.6 Å². The molecule has 20 heavy (non-hydrogen) atoms. The van der Waals surface area contributed by atoms with Gasteiger partial charge in [-0.1, -0.05) is 0 Å². The number of carbonyl (C=O) groups is 1. The zero-order chi connectivity index (χ0) is 14.7. The number of aryl methyl sites for hydroxylation is 1. The van der Waals surface area contributed by atoms with Crippen LogP contribution >= 0.6 is 0 Å². The van der Waals surface area contributed by atoms with Crippen LogP contribution in [0.3, 0.4) is 0 Å². The summed E-state index contributed by atoms with van der Waals surface area (Å²) in [7, 11) is 1.54. The van der Waals surface area contributed by atoms with Crippen molar-refractivity contribution in [1.82, 2.24) is 0 Å². The van der Waals surface area contributed by atoms with Crippen molar-refractivity contribution in [3.05, 3.63) is 47.5 Å². The van der Waals surface area contributed by atoms with Crippen LogP contribution in [0.2, 0.25) is 0 Å². The van der Waals surface area contributed by atoms with E-state index >= 15 is 0 Å². The van der Waals surface area contributed by atoms with Crippen molar-refractivity contribution in [3.8, 4) is 11.5 Å². The van der Waals surface area contributed by atoms with E-state index in [4.69, 9.17) is 10.5 Å². The highest BCUT2D eigenvalue weighted by atomic mass is 16.5. The van der Waals surface area contributed by atoms with Gasteiger partial charge < -0.3 is 20.9 Å². The van der Waals surface area contributed by atoms with Gasteiger partial charge in [0.25, 0.3) is 5.91 Å². The lowest BCUT2D eigenvalue weighted by Crippen LogP contribution is -2.13. The third kappa shape index (κ3) is 2.83. The molecule has 0 aromatic heterocycles. The highest BCUT2D eigenvalue weighted by Gasteiger charge is 2.10. The van der Waals surface area contributed by atoms with Crippen molar-refractivity contribution in [2.24, 2.45) is 0 Å². The van der Waals surface area contributed by atoms with Gasteiger partial charge in [-0.25, -0.2) is 0 Å². The number of methoxy groups -OCH3 is 1. The first kappa shape index (κ1) is 13.7. The Kier molecular flexibility index (Phi) is 3.79. The number of nitrogen functional groups attached to an aromatic ring is 1. The molecule has 0 bridgehead atoms. The standard InChI is InChI=1S/C15H16N2O3/c1-9-7-10(3-6-14(9)18)15(19)17-13-8-11(20-2)4-5-12(13)16/h3-8,18H,16H2,1-2H3,(H,17,19). The Hall–Kier alpha value is -2.69. The number of amides is 1. The molecule has 0 aliphatic heterocycles. The Morgan fingerprint density at radius 3 is 2.65 bits per heavy atom. The Morgan fingerprint density at radius 1 is 1.25 bits per heavy atom. The number of hydrogen-bond acceptors (Lipinski definition) is 4. The monoisotopic (exact) mass is 272 g/mol. The van der Waals surface area contributed by atoms with Crippen LogP contribution < -0.4 is 15.8 Å². The molecule has 5 nitrogen and oxygen atoms in total. The first-order chi connectivity index (χ1) is 9.51. The average molecular weight is 272 g/mol. The summed E-state index contributed by atoms with van der Waals surface area (Å²) in [4.78, 5) is 12.1. The van der Waals surface area contributed by atoms with Crippen LogP contribution in [-0.4, -0.2) is 18.1 Å². The van der Waals surface area contributed by atoms with Crippen molar-refractivity contribution in [3.63, 3.8) is 0 Å². The average Bonchev–Trinajstić information content (AvgIpc) is 2.44. The molecule has 104 valence electrons. The Balaban J connectivity index is 2.25. The quantitative estimate of drug-likeness (QED) is 0.750. The molecule has 0 radical (unpaired) electrons. The number of carbonyl (C=O) groups excluding carboxylic acids is 1. The summed E-state index contributed by atoms with van der Waals surface area (Å²) in [5, 5.41) is 12.2. The van der Waals surface area contributed by atoms with Gasteiger partial charge in [-0.3, -0.25) is 4.79 Å². The van der Waals surface area contributed by atoms with Crippen molar-refractivity contribution < 1.29 is 14.6 Å². The van der Waals surface area contributed by atoms with Crippen molar-refractivity contribution >= 4 is 17.3 Å². The molecular formula is C15H16N2O3. The summed E-state index contributed by atoms with van der Waals surface area (Å²) in [6.07, 6.45) is 0. The minimum Gasteiger partial charge on any atom is -0.508 e. The molecule has 2 rings (SSSR count). The number of rotatable bonds is 3. The van der Waals surface area contributed by atoms with Gasteiger partial charge in [0.15, 0.2) is 0 Å². The van der Waals surface area contributed by atoms with E-state index in [0.717, 1.165) is 0 Å². The number of anilines is 2. The normalized spacial score (nSPS) is 10.1. The van der Waals surface area contributed by atoms with Crippen LogP contribution in [0, 0.1) is 6.92 Å². The van der Waals surface area contributed by atoms with Crippen LogP contribution in [0.15, 0.2) is 36.4 Å². The van der Waals surface area contributed by atoms with Crippen molar-refractivity contribution in [1.29, 1.82) is 0 Å². The zero-order valence-electron chi connectivity index (χ0n) is 11.3. The summed E-state index contributed by atoms with van der Waals surface area (Å²) in [5.41, 5.74) is 7.84. The van der Waals surface area contributed by atoms with E-state index in [2.05, 4.69) is 5.32 Å². The number of aromatic hydroxyl groups is 1. The molecule has 0 aliphatic rings. The van der Waals surface area contributed by atoms with Crippen LogP contribution in [0.5, 0.6) is 11.5 Å². The number of nitrogens with two attached hydrogens (primary N) is 1. The third-order valence-corrected chi connectivity index (χ3v) is 2.97. The van der Waals surface area contributed by atoms with Crippen LogP contribution in [0.1, 0.15) is 15.9 Å². The molecule has 0 saturated carbocycles. The van der Waals surface area contributed by atoms with E-state index in [9.17, 15) is 9.90 Å². The predicted molar refractivity (Wildman–Crippen MR) is 78.2 cm³/mol. The summed E-state index contributed by atoms with van der Waals surface area (Å²) in [5.74, 6) is 0.465. The van der Waals surface area contributed by atoms with Crippen molar-refractivity contribution in [2.75, 3.05) is 18.2 Å². The van der Waals surface area contributed by atoms with Crippen molar-refractivity contribution in [2.45, 2.75) is 6.92 Å². The Bertz CT molecular complexity index is 654. The fourth-order valence-corrected chi connectivity index (χ4v) is 1.76. The first-order valence-electron chi connectivity index (χ1n) is 6.05. The molecule has 0 aliphatic carbocycles. The largest absolute Gasteiger partial charge is 0.508 e. The van der Waals surface area contributed by atoms with Gasteiger partial charge in [-0.2, -0.15) is 0 Å².